The van der Waals surface area contributed by atoms with Crippen molar-refractivity contribution in [2.75, 3.05) is 5.73 Å². The Morgan fingerprint density at radius 3 is 2.33 bits per heavy atom. The van der Waals surface area contributed by atoms with Gasteiger partial charge in [-0.1, -0.05) is 26.7 Å². The van der Waals surface area contributed by atoms with Crippen molar-refractivity contribution in [2.45, 2.75) is 45.4 Å². The second-order valence-electron chi connectivity index (χ2n) is 3.68. The van der Waals surface area contributed by atoms with Gasteiger partial charge in [-0.25, -0.2) is 4.98 Å². The molecule has 84 valence electrons. The van der Waals surface area contributed by atoms with Crippen LogP contribution in [0.2, 0.25) is 0 Å². The van der Waals surface area contributed by atoms with E-state index in [1.54, 1.807) is 0 Å². The van der Waals surface area contributed by atoms with Crippen LogP contribution >= 0.6 is 12.2 Å². The normalized spacial score (nSPS) is 10.9. The predicted octanol–water partition coefficient (Wildman–Crippen LogP) is 2.80. The third kappa shape index (κ3) is 3.58. The van der Waals surface area contributed by atoms with E-state index >= 15 is 0 Å². The zero-order valence-corrected chi connectivity index (χ0v) is 10.1. The fraction of sp³-hybridized carbons (Fsp3) is 0.700. The minimum absolute atomic E-state index is 0.332. The second-order valence-corrected chi connectivity index (χ2v) is 4.04. The predicted molar refractivity (Wildman–Crippen MR) is 64.2 cm³/mol. The van der Waals surface area contributed by atoms with Gasteiger partial charge in [-0.2, -0.15) is 4.98 Å². The molecule has 0 aliphatic carbocycles. The Morgan fingerprint density at radius 1 is 1.27 bits per heavy atom. The highest BCUT2D eigenvalue weighted by Gasteiger charge is 2.12. The average molecular weight is 226 g/mol. The molecule has 0 aromatic carbocycles. The van der Waals surface area contributed by atoms with Crippen LogP contribution in [0.25, 0.3) is 0 Å². The smallest absolute Gasteiger partial charge is 0.224 e. The maximum atomic E-state index is 5.62. The van der Waals surface area contributed by atoms with Gasteiger partial charge in [-0.15, -0.1) is 0 Å². The highest BCUT2D eigenvalue weighted by Crippen LogP contribution is 2.23. The minimum Gasteiger partial charge on any atom is -0.369 e. The summed E-state index contributed by atoms with van der Waals surface area (Å²) in [6, 6.07) is 0. The molecule has 0 bridgehead atoms. The number of nitrogen functional groups attached to an aromatic ring is 1. The maximum absolute atomic E-state index is 5.62. The molecule has 0 radical (unpaired) electrons. The Hall–Kier alpha value is -0.970. The molecule has 0 saturated heterocycles. The van der Waals surface area contributed by atoms with Crippen molar-refractivity contribution >= 4 is 18.2 Å². The first kappa shape index (κ1) is 12.1. The number of nitrogens with two attached hydrogens (primary N) is 1. The van der Waals surface area contributed by atoms with Gasteiger partial charge in [0.25, 0.3) is 0 Å². The van der Waals surface area contributed by atoms with E-state index in [0.717, 1.165) is 31.5 Å². The first-order valence-electron chi connectivity index (χ1n) is 5.41. The SMILES string of the molecule is CCCC(CCC)c1nc(=S)nc(N)[nH]1. The number of aromatic nitrogens is 3. The number of anilines is 1. The van der Waals surface area contributed by atoms with Gasteiger partial charge < -0.3 is 10.7 Å². The molecule has 5 heteroatoms. The highest BCUT2D eigenvalue weighted by atomic mass is 32.1. The fourth-order valence-corrected chi connectivity index (χ4v) is 1.92. The second kappa shape index (κ2) is 5.80. The van der Waals surface area contributed by atoms with Gasteiger partial charge in [0, 0.05) is 5.92 Å². The third-order valence-corrected chi connectivity index (χ3v) is 2.53. The van der Waals surface area contributed by atoms with Crippen LogP contribution in [-0.2, 0) is 0 Å². The Kier molecular flexibility index (Phi) is 4.68. The molecule has 3 N–H and O–H groups in total. The molecular weight excluding hydrogens is 208 g/mol. The zero-order valence-electron chi connectivity index (χ0n) is 9.29. The highest BCUT2D eigenvalue weighted by molar-refractivity contribution is 7.71. The number of rotatable bonds is 5. The molecule has 0 unspecified atom stereocenters. The van der Waals surface area contributed by atoms with Crippen molar-refractivity contribution in [3.63, 3.8) is 0 Å². The van der Waals surface area contributed by atoms with Crippen LogP contribution in [0.3, 0.4) is 0 Å². The summed E-state index contributed by atoms with van der Waals surface area (Å²) in [5, 5.41) is 0. The van der Waals surface area contributed by atoms with Crippen molar-refractivity contribution in [3.8, 4) is 0 Å². The largest absolute Gasteiger partial charge is 0.369 e. The number of nitrogens with one attached hydrogen (secondary N) is 1. The summed E-state index contributed by atoms with van der Waals surface area (Å²) < 4.78 is 0.332. The van der Waals surface area contributed by atoms with Crippen molar-refractivity contribution in [1.29, 1.82) is 0 Å². The van der Waals surface area contributed by atoms with Crippen LogP contribution in [0.4, 0.5) is 5.95 Å². The fourth-order valence-electron chi connectivity index (χ4n) is 1.73. The van der Waals surface area contributed by atoms with Crippen molar-refractivity contribution in [2.24, 2.45) is 0 Å². The minimum atomic E-state index is 0.332. The standard InChI is InChI=1S/C10H18N4S/c1-3-5-7(6-4-2)8-12-9(11)14-10(15)13-8/h7H,3-6H2,1-2H3,(H3,11,12,13,14,15). The van der Waals surface area contributed by atoms with Gasteiger partial charge in [0.15, 0.2) is 0 Å². The van der Waals surface area contributed by atoms with Crippen LogP contribution in [0.1, 0.15) is 51.3 Å². The molecule has 1 aromatic heterocycles. The van der Waals surface area contributed by atoms with E-state index < -0.39 is 0 Å². The van der Waals surface area contributed by atoms with Gasteiger partial charge in [-0.05, 0) is 25.1 Å². The van der Waals surface area contributed by atoms with E-state index in [1.165, 1.54) is 0 Å². The van der Waals surface area contributed by atoms with Gasteiger partial charge in [0.05, 0.1) is 0 Å². The van der Waals surface area contributed by atoms with E-state index in [1.807, 2.05) is 0 Å². The lowest BCUT2D eigenvalue weighted by molar-refractivity contribution is 0.531. The summed E-state index contributed by atoms with van der Waals surface area (Å²) >= 11 is 4.95. The van der Waals surface area contributed by atoms with Gasteiger partial charge >= 0.3 is 0 Å². The molecule has 0 fully saturated rings. The Labute approximate surface area is 95.3 Å². The first-order chi connectivity index (χ1) is 7.17. The Balaban J connectivity index is 2.93. The van der Waals surface area contributed by atoms with Crippen LogP contribution < -0.4 is 5.73 Å². The molecule has 4 nitrogen and oxygen atoms in total. The average Bonchev–Trinajstić information content (AvgIpc) is 2.16. The lowest BCUT2D eigenvalue weighted by atomic mass is 9.97. The summed E-state index contributed by atoms with van der Waals surface area (Å²) in [7, 11) is 0. The van der Waals surface area contributed by atoms with Gasteiger partial charge in [0.1, 0.15) is 5.82 Å². The van der Waals surface area contributed by atoms with E-state index in [2.05, 4.69) is 28.8 Å². The number of H-pyrrole nitrogens is 1. The van der Waals surface area contributed by atoms with E-state index in [4.69, 9.17) is 18.0 Å². The lowest BCUT2D eigenvalue weighted by Gasteiger charge is -2.14. The van der Waals surface area contributed by atoms with E-state index in [0.29, 0.717) is 16.6 Å². The number of aromatic amines is 1. The first-order valence-corrected chi connectivity index (χ1v) is 5.81. The van der Waals surface area contributed by atoms with Crippen LogP contribution in [-0.4, -0.2) is 15.0 Å². The van der Waals surface area contributed by atoms with Gasteiger partial charge in [-0.3, -0.25) is 0 Å². The van der Waals surface area contributed by atoms with Crippen molar-refractivity contribution in [3.05, 3.63) is 10.6 Å². The van der Waals surface area contributed by atoms with Crippen LogP contribution in [0.15, 0.2) is 0 Å². The topological polar surface area (TPSA) is 67.6 Å². The molecule has 1 heterocycles. The Bertz CT molecular complexity index is 355. The molecule has 15 heavy (non-hydrogen) atoms. The summed E-state index contributed by atoms with van der Waals surface area (Å²) in [5.74, 6) is 1.67. The summed E-state index contributed by atoms with van der Waals surface area (Å²) in [6.07, 6.45) is 4.48. The quantitative estimate of drug-likeness (QED) is 0.758. The third-order valence-electron chi connectivity index (χ3n) is 2.35. The monoisotopic (exact) mass is 226 g/mol. The number of hydrogen-bond donors (Lipinski definition) is 2. The molecule has 0 aliphatic heterocycles. The molecule has 1 aromatic rings. The Morgan fingerprint density at radius 2 is 1.87 bits per heavy atom. The molecule has 0 amide bonds. The van der Waals surface area contributed by atoms with E-state index in [-0.39, 0.29) is 0 Å². The van der Waals surface area contributed by atoms with Crippen LogP contribution in [0.5, 0.6) is 0 Å². The summed E-state index contributed by atoms with van der Waals surface area (Å²) in [5.41, 5.74) is 5.62. The molecule has 1 rings (SSSR count). The molecule has 0 atom stereocenters. The number of nitrogens with zero attached hydrogens (tertiary/aromatic N) is 2. The zero-order chi connectivity index (χ0) is 11.3. The maximum Gasteiger partial charge on any atom is 0.224 e. The van der Waals surface area contributed by atoms with Crippen LogP contribution in [0, 0.1) is 4.77 Å². The molecule has 0 saturated carbocycles. The van der Waals surface area contributed by atoms with E-state index in [9.17, 15) is 0 Å². The molecular formula is C10H18N4S. The summed E-state index contributed by atoms with van der Waals surface area (Å²) in [6.45, 7) is 4.34. The number of hydrogen-bond acceptors (Lipinski definition) is 4. The van der Waals surface area contributed by atoms with Crippen molar-refractivity contribution < 1.29 is 0 Å². The van der Waals surface area contributed by atoms with Crippen molar-refractivity contribution in [1.82, 2.24) is 15.0 Å². The molecule has 0 aliphatic rings. The summed E-state index contributed by atoms with van der Waals surface area (Å²) in [4.78, 5) is 11.1. The lowest BCUT2D eigenvalue weighted by Crippen LogP contribution is -2.08. The van der Waals surface area contributed by atoms with Gasteiger partial charge in [0.2, 0.25) is 10.7 Å². The molecule has 0 spiro atoms.